The predicted molar refractivity (Wildman–Crippen MR) is 75.5 cm³/mol. The summed E-state index contributed by atoms with van der Waals surface area (Å²) in [5.74, 6) is -0.709. The summed E-state index contributed by atoms with van der Waals surface area (Å²) in [7, 11) is 0. The standard InChI is InChI=1S/C15H16FN3O/c1-2-19(10-12-5-3-4-8-18-12)15(20)11-6-7-13(16)14(17)9-11/h3-9H,2,10,17H2,1H3. The summed E-state index contributed by atoms with van der Waals surface area (Å²) in [5, 5.41) is 0. The van der Waals surface area contributed by atoms with Crippen LogP contribution in [0.15, 0.2) is 42.6 Å². The van der Waals surface area contributed by atoms with E-state index in [0.29, 0.717) is 18.7 Å². The zero-order valence-electron chi connectivity index (χ0n) is 11.2. The molecule has 0 bridgehead atoms. The molecule has 0 aliphatic rings. The van der Waals surface area contributed by atoms with Crippen LogP contribution < -0.4 is 5.73 Å². The number of benzene rings is 1. The molecule has 104 valence electrons. The lowest BCUT2D eigenvalue weighted by atomic mass is 10.1. The number of carbonyl (C=O) groups excluding carboxylic acids is 1. The molecule has 1 amide bonds. The number of carbonyl (C=O) groups is 1. The van der Waals surface area contributed by atoms with Gasteiger partial charge in [0.05, 0.1) is 17.9 Å². The van der Waals surface area contributed by atoms with Crippen molar-refractivity contribution in [3.8, 4) is 0 Å². The van der Waals surface area contributed by atoms with E-state index >= 15 is 0 Å². The molecule has 5 heteroatoms. The number of anilines is 1. The van der Waals surface area contributed by atoms with Gasteiger partial charge in [0.2, 0.25) is 0 Å². The first-order valence-electron chi connectivity index (χ1n) is 6.36. The van der Waals surface area contributed by atoms with Crippen molar-refractivity contribution in [2.75, 3.05) is 12.3 Å². The normalized spacial score (nSPS) is 10.3. The molecule has 0 saturated carbocycles. The van der Waals surface area contributed by atoms with Crippen LogP contribution in [0.3, 0.4) is 0 Å². The Bertz CT molecular complexity index is 601. The fourth-order valence-corrected chi connectivity index (χ4v) is 1.87. The first-order chi connectivity index (χ1) is 9.61. The van der Waals surface area contributed by atoms with E-state index < -0.39 is 5.82 Å². The van der Waals surface area contributed by atoms with Crippen molar-refractivity contribution >= 4 is 11.6 Å². The summed E-state index contributed by atoms with van der Waals surface area (Å²) in [5.41, 5.74) is 6.65. The van der Waals surface area contributed by atoms with Crippen molar-refractivity contribution in [1.82, 2.24) is 9.88 Å². The largest absolute Gasteiger partial charge is 0.396 e. The van der Waals surface area contributed by atoms with Crippen LogP contribution in [0.5, 0.6) is 0 Å². The Morgan fingerprint density at radius 2 is 2.15 bits per heavy atom. The lowest BCUT2D eigenvalue weighted by Gasteiger charge is -2.20. The van der Waals surface area contributed by atoms with E-state index in [-0.39, 0.29) is 11.6 Å². The van der Waals surface area contributed by atoms with E-state index in [4.69, 9.17) is 5.73 Å². The van der Waals surface area contributed by atoms with Gasteiger partial charge in [0.15, 0.2) is 0 Å². The minimum Gasteiger partial charge on any atom is -0.396 e. The van der Waals surface area contributed by atoms with Gasteiger partial charge >= 0.3 is 0 Å². The van der Waals surface area contributed by atoms with Gasteiger partial charge < -0.3 is 10.6 Å². The average molecular weight is 273 g/mol. The van der Waals surface area contributed by atoms with E-state index in [0.717, 1.165) is 5.69 Å². The van der Waals surface area contributed by atoms with E-state index in [2.05, 4.69) is 4.98 Å². The Morgan fingerprint density at radius 1 is 1.35 bits per heavy atom. The van der Waals surface area contributed by atoms with E-state index in [9.17, 15) is 9.18 Å². The molecule has 2 N–H and O–H groups in total. The summed E-state index contributed by atoms with van der Waals surface area (Å²) in [4.78, 5) is 18.2. The highest BCUT2D eigenvalue weighted by molar-refractivity contribution is 5.95. The minimum absolute atomic E-state index is 0.0234. The second-order valence-electron chi connectivity index (χ2n) is 4.38. The van der Waals surface area contributed by atoms with Gasteiger partial charge in [-0.25, -0.2) is 4.39 Å². The molecule has 0 aliphatic heterocycles. The molecule has 20 heavy (non-hydrogen) atoms. The second-order valence-corrected chi connectivity index (χ2v) is 4.38. The average Bonchev–Trinajstić information content (AvgIpc) is 2.48. The van der Waals surface area contributed by atoms with Crippen LogP contribution in [0.1, 0.15) is 23.0 Å². The molecule has 0 aliphatic carbocycles. The third-order valence-electron chi connectivity index (χ3n) is 2.99. The smallest absolute Gasteiger partial charge is 0.254 e. The summed E-state index contributed by atoms with van der Waals surface area (Å²) in [6.45, 7) is 2.83. The highest BCUT2D eigenvalue weighted by Crippen LogP contribution is 2.15. The van der Waals surface area contributed by atoms with Crippen LogP contribution >= 0.6 is 0 Å². The van der Waals surface area contributed by atoms with Crippen LogP contribution in [0.4, 0.5) is 10.1 Å². The number of pyridine rings is 1. The van der Waals surface area contributed by atoms with E-state index in [1.165, 1.54) is 18.2 Å². The van der Waals surface area contributed by atoms with Crippen LogP contribution in [-0.4, -0.2) is 22.3 Å². The van der Waals surface area contributed by atoms with Gasteiger partial charge in [-0.2, -0.15) is 0 Å². The van der Waals surface area contributed by atoms with Crippen LogP contribution in [0.2, 0.25) is 0 Å². The van der Waals surface area contributed by atoms with E-state index in [1.54, 1.807) is 11.1 Å². The number of rotatable bonds is 4. The minimum atomic E-state index is -0.519. The number of aromatic nitrogens is 1. The fraction of sp³-hybridized carbons (Fsp3) is 0.200. The Morgan fingerprint density at radius 3 is 2.75 bits per heavy atom. The molecule has 0 fully saturated rings. The third kappa shape index (κ3) is 3.12. The lowest BCUT2D eigenvalue weighted by molar-refractivity contribution is 0.0750. The first kappa shape index (κ1) is 14.0. The summed E-state index contributed by atoms with van der Waals surface area (Å²) >= 11 is 0. The molecular formula is C15H16FN3O. The second kappa shape index (κ2) is 6.14. The SMILES string of the molecule is CCN(Cc1ccccn1)C(=O)c1ccc(F)c(N)c1. The number of nitrogen functional groups attached to an aromatic ring is 1. The zero-order valence-corrected chi connectivity index (χ0v) is 11.2. The fourth-order valence-electron chi connectivity index (χ4n) is 1.87. The van der Waals surface area contributed by atoms with Crippen LogP contribution in [-0.2, 0) is 6.54 Å². The van der Waals surface area contributed by atoms with Crippen molar-refractivity contribution in [2.45, 2.75) is 13.5 Å². The van der Waals surface area contributed by atoms with Gasteiger partial charge in [-0.05, 0) is 37.3 Å². The van der Waals surface area contributed by atoms with E-state index in [1.807, 2.05) is 25.1 Å². The topological polar surface area (TPSA) is 59.2 Å². The van der Waals surface area contributed by atoms with Crippen molar-refractivity contribution in [3.05, 3.63) is 59.7 Å². The summed E-state index contributed by atoms with van der Waals surface area (Å²) < 4.78 is 13.1. The van der Waals surface area contributed by atoms with Gasteiger partial charge in [-0.3, -0.25) is 9.78 Å². The van der Waals surface area contributed by atoms with Gasteiger partial charge in [0.1, 0.15) is 5.82 Å². The maximum absolute atomic E-state index is 13.1. The summed E-state index contributed by atoms with van der Waals surface area (Å²) in [6, 6.07) is 9.55. The third-order valence-corrected chi connectivity index (χ3v) is 2.99. The number of hydrogen-bond acceptors (Lipinski definition) is 3. The van der Waals surface area contributed by atoms with Crippen molar-refractivity contribution in [1.29, 1.82) is 0 Å². The molecule has 1 heterocycles. The molecule has 0 spiro atoms. The maximum Gasteiger partial charge on any atom is 0.254 e. The number of nitrogens with zero attached hydrogens (tertiary/aromatic N) is 2. The first-order valence-corrected chi connectivity index (χ1v) is 6.36. The molecule has 4 nitrogen and oxygen atoms in total. The molecular weight excluding hydrogens is 257 g/mol. The Balaban J connectivity index is 2.18. The van der Waals surface area contributed by atoms with Crippen molar-refractivity contribution in [2.24, 2.45) is 0 Å². The molecule has 2 aromatic rings. The number of hydrogen-bond donors (Lipinski definition) is 1. The highest BCUT2D eigenvalue weighted by atomic mass is 19.1. The highest BCUT2D eigenvalue weighted by Gasteiger charge is 2.16. The molecule has 1 aromatic heterocycles. The molecule has 2 rings (SSSR count). The Hall–Kier alpha value is -2.43. The molecule has 0 unspecified atom stereocenters. The lowest BCUT2D eigenvalue weighted by Crippen LogP contribution is -2.30. The van der Waals surface area contributed by atoms with Crippen molar-refractivity contribution < 1.29 is 9.18 Å². The van der Waals surface area contributed by atoms with Gasteiger partial charge in [-0.1, -0.05) is 6.07 Å². The molecule has 0 saturated heterocycles. The van der Waals surface area contributed by atoms with Gasteiger partial charge in [-0.15, -0.1) is 0 Å². The van der Waals surface area contributed by atoms with Crippen LogP contribution in [0, 0.1) is 5.82 Å². The quantitative estimate of drug-likeness (QED) is 0.870. The molecule has 1 aromatic carbocycles. The predicted octanol–water partition coefficient (Wildman–Crippen LogP) is 2.47. The molecule has 0 radical (unpaired) electrons. The number of halogens is 1. The van der Waals surface area contributed by atoms with Gasteiger partial charge in [0, 0.05) is 18.3 Å². The van der Waals surface area contributed by atoms with Gasteiger partial charge in [0.25, 0.3) is 5.91 Å². The number of nitrogens with two attached hydrogens (primary N) is 1. The number of amides is 1. The monoisotopic (exact) mass is 273 g/mol. The molecule has 0 atom stereocenters. The van der Waals surface area contributed by atoms with Crippen molar-refractivity contribution in [3.63, 3.8) is 0 Å². The summed E-state index contributed by atoms with van der Waals surface area (Å²) in [6.07, 6.45) is 1.68. The van der Waals surface area contributed by atoms with Crippen LogP contribution in [0.25, 0.3) is 0 Å². The zero-order chi connectivity index (χ0) is 14.5. The maximum atomic E-state index is 13.1. The Kier molecular flexibility index (Phi) is 4.30. The Labute approximate surface area is 117 Å².